The third-order valence-corrected chi connectivity index (χ3v) is 11.4. The van der Waals surface area contributed by atoms with Gasteiger partial charge in [0, 0.05) is 68.3 Å². The molecule has 3 saturated heterocycles. The predicted octanol–water partition coefficient (Wildman–Crippen LogP) is 7.10. The molecule has 5 aromatic rings. The number of nitrogens with one attached hydrogen (secondary N) is 1. The van der Waals surface area contributed by atoms with Gasteiger partial charge in [-0.15, -0.1) is 0 Å². The van der Waals surface area contributed by atoms with Crippen LogP contribution in [-0.4, -0.2) is 101 Å². The third kappa shape index (κ3) is 7.65. The van der Waals surface area contributed by atoms with Gasteiger partial charge in [0.15, 0.2) is 17.4 Å². The number of nitrogens with two attached hydrogens (primary N) is 1. The number of aromatic amines is 1. The lowest BCUT2D eigenvalue weighted by Gasteiger charge is -2.41. The number of nitrogen functional groups attached to an aromatic ring is 1. The van der Waals surface area contributed by atoms with E-state index in [-0.39, 0.29) is 40.5 Å². The van der Waals surface area contributed by atoms with Crippen LogP contribution in [0.3, 0.4) is 0 Å². The number of benzene rings is 3. The average Bonchev–Trinajstić information content (AvgIpc) is 3.80. The van der Waals surface area contributed by atoms with E-state index in [2.05, 4.69) is 50.8 Å². The van der Waals surface area contributed by atoms with E-state index < -0.39 is 11.6 Å². The number of morpholine rings is 1. The lowest BCUT2D eigenvalue weighted by atomic mass is 10.0. The maximum atomic E-state index is 15.5. The Kier molecular flexibility index (Phi) is 10.5. The first kappa shape index (κ1) is 37.0. The monoisotopic (exact) mass is 753 g/mol. The van der Waals surface area contributed by atoms with Crippen LogP contribution in [0.4, 0.5) is 20.3 Å². The summed E-state index contributed by atoms with van der Waals surface area (Å²) in [5, 5.41) is 5.15. The van der Waals surface area contributed by atoms with Gasteiger partial charge in [0.05, 0.1) is 36.4 Å². The molecule has 0 atom stereocenters. The smallest absolute Gasteiger partial charge is 0.214 e. The van der Waals surface area contributed by atoms with Gasteiger partial charge in [-0.2, -0.15) is 5.10 Å². The van der Waals surface area contributed by atoms with E-state index in [9.17, 15) is 9.18 Å². The minimum Gasteiger partial charge on any atom is -0.488 e. The Labute approximate surface area is 319 Å². The summed E-state index contributed by atoms with van der Waals surface area (Å²) in [6, 6.07) is 15.6. The molecule has 3 aromatic carbocycles. The van der Waals surface area contributed by atoms with Gasteiger partial charge in [-0.1, -0.05) is 12.1 Å². The number of fused-ring (bicyclic) bond motifs is 1. The van der Waals surface area contributed by atoms with Crippen LogP contribution in [0, 0.1) is 18.6 Å². The first-order valence-corrected chi connectivity index (χ1v) is 19.4. The molecule has 5 heterocycles. The van der Waals surface area contributed by atoms with Crippen LogP contribution >= 0.6 is 0 Å². The van der Waals surface area contributed by atoms with Crippen LogP contribution in [0.15, 0.2) is 60.8 Å². The lowest BCUT2D eigenvalue weighted by Crippen LogP contribution is -2.49. The molecule has 0 amide bonds. The average molecular weight is 754 g/mol. The van der Waals surface area contributed by atoms with Crippen molar-refractivity contribution >= 4 is 28.2 Å². The second-order valence-electron chi connectivity index (χ2n) is 15.2. The number of piperidine rings is 2. The Morgan fingerprint density at radius 2 is 1.64 bits per heavy atom. The van der Waals surface area contributed by atoms with Crippen molar-refractivity contribution in [3.8, 4) is 22.9 Å². The highest BCUT2D eigenvalue weighted by Gasteiger charge is 2.30. The molecule has 55 heavy (non-hydrogen) atoms. The molecule has 13 heteroatoms. The van der Waals surface area contributed by atoms with Crippen LogP contribution in [0.5, 0.6) is 17.2 Å². The van der Waals surface area contributed by atoms with Crippen LogP contribution in [-0.2, 0) is 4.74 Å². The largest absolute Gasteiger partial charge is 0.488 e. The van der Waals surface area contributed by atoms with E-state index in [1.807, 2.05) is 6.07 Å². The summed E-state index contributed by atoms with van der Waals surface area (Å²) in [6.07, 6.45) is 5.48. The molecular formula is C42H49F2N7O4. The third-order valence-electron chi connectivity index (χ3n) is 11.4. The number of para-hydroxylation sites is 1. The standard InChI is InChI=1S/C42H49F2N7O4/c1-26(2)48-14-10-30(11-15-48)54-40-22-28-21-35(47-34(28)24-37(40)50-12-8-29(9-13-50)49-16-18-53-19-17-49)41(52)31-25-46-51(42(31)45)36-20-27(3)39(23-33(36)44)55-38-7-5-4-6-32(38)43/h4-7,20-26,29-30,47H,8-19,45H2,1-3H3. The number of aromatic nitrogens is 3. The normalized spacial score (nSPS) is 18.0. The minimum atomic E-state index is -0.694. The van der Waals surface area contributed by atoms with Gasteiger partial charge in [0.1, 0.15) is 29.1 Å². The van der Waals surface area contributed by atoms with Gasteiger partial charge >= 0.3 is 0 Å². The van der Waals surface area contributed by atoms with Crippen molar-refractivity contribution in [3.05, 3.63) is 89.2 Å². The Morgan fingerprint density at radius 1 is 0.891 bits per heavy atom. The second kappa shape index (κ2) is 15.6. The number of H-pyrrole nitrogens is 1. The van der Waals surface area contributed by atoms with E-state index in [4.69, 9.17) is 19.9 Å². The summed E-state index contributed by atoms with van der Waals surface area (Å²) in [5.41, 5.74) is 9.37. The van der Waals surface area contributed by atoms with Gasteiger partial charge in [-0.3, -0.25) is 9.69 Å². The highest BCUT2D eigenvalue weighted by atomic mass is 19.1. The molecule has 0 aliphatic carbocycles. The first-order valence-electron chi connectivity index (χ1n) is 19.4. The molecule has 0 radical (unpaired) electrons. The van der Waals surface area contributed by atoms with E-state index in [0.29, 0.717) is 23.3 Å². The molecule has 0 saturated carbocycles. The molecule has 3 fully saturated rings. The molecule has 3 aliphatic rings. The van der Waals surface area contributed by atoms with Crippen LogP contribution in [0.2, 0.25) is 0 Å². The molecule has 11 nitrogen and oxygen atoms in total. The maximum Gasteiger partial charge on any atom is 0.214 e. The summed E-state index contributed by atoms with van der Waals surface area (Å²) in [6.45, 7) is 13.5. The summed E-state index contributed by atoms with van der Waals surface area (Å²) >= 11 is 0. The number of carbonyl (C=O) groups excluding carboxylic acids is 1. The molecule has 2 aromatic heterocycles. The van der Waals surface area contributed by atoms with Gasteiger partial charge < -0.3 is 34.7 Å². The molecule has 8 rings (SSSR count). The maximum absolute atomic E-state index is 15.5. The Hall–Kier alpha value is -4.98. The first-order chi connectivity index (χ1) is 26.6. The van der Waals surface area contributed by atoms with Crippen molar-refractivity contribution in [2.75, 3.05) is 63.1 Å². The fourth-order valence-electron chi connectivity index (χ4n) is 8.15. The zero-order valence-electron chi connectivity index (χ0n) is 31.7. The summed E-state index contributed by atoms with van der Waals surface area (Å²) in [7, 11) is 0. The van der Waals surface area contributed by atoms with Gasteiger partial charge in [-0.25, -0.2) is 13.5 Å². The van der Waals surface area contributed by atoms with E-state index in [1.54, 1.807) is 19.1 Å². The molecule has 290 valence electrons. The number of likely N-dealkylation sites (tertiary alicyclic amines) is 1. The highest BCUT2D eigenvalue weighted by Crippen LogP contribution is 2.38. The van der Waals surface area contributed by atoms with Gasteiger partial charge in [0.2, 0.25) is 5.78 Å². The molecular weight excluding hydrogens is 705 g/mol. The number of rotatable bonds is 10. The Bertz CT molecular complexity index is 2160. The Balaban J connectivity index is 1.05. The molecule has 3 aliphatic heterocycles. The number of ketones is 1. The quantitative estimate of drug-likeness (QED) is 0.144. The number of nitrogens with zero attached hydrogens (tertiary/aromatic N) is 5. The highest BCUT2D eigenvalue weighted by molar-refractivity contribution is 6.12. The van der Waals surface area contributed by atoms with Crippen LogP contribution in [0.25, 0.3) is 16.6 Å². The van der Waals surface area contributed by atoms with E-state index >= 15 is 4.39 Å². The van der Waals surface area contributed by atoms with Crippen molar-refractivity contribution in [3.63, 3.8) is 0 Å². The fourth-order valence-corrected chi connectivity index (χ4v) is 8.15. The number of carbonyl (C=O) groups is 1. The number of hydrogen-bond donors (Lipinski definition) is 2. The van der Waals surface area contributed by atoms with Crippen molar-refractivity contribution in [1.29, 1.82) is 0 Å². The minimum absolute atomic E-state index is 0.00896. The summed E-state index contributed by atoms with van der Waals surface area (Å²) < 4.78 is 49.0. The number of anilines is 2. The summed E-state index contributed by atoms with van der Waals surface area (Å²) in [4.78, 5) is 24.8. The number of aryl methyl sites for hydroxylation is 1. The molecule has 3 N–H and O–H groups in total. The number of halogens is 2. The van der Waals surface area contributed by atoms with E-state index in [1.165, 1.54) is 29.1 Å². The van der Waals surface area contributed by atoms with Gasteiger partial charge in [-0.05, 0) is 88.4 Å². The van der Waals surface area contributed by atoms with Crippen molar-refractivity contribution in [2.45, 2.75) is 64.6 Å². The summed E-state index contributed by atoms with van der Waals surface area (Å²) in [5.74, 6) is -0.669. The van der Waals surface area contributed by atoms with Crippen molar-refractivity contribution < 1.29 is 27.8 Å². The van der Waals surface area contributed by atoms with Crippen LogP contribution < -0.4 is 20.1 Å². The van der Waals surface area contributed by atoms with E-state index in [0.717, 1.165) is 107 Å². The Morgan fingerprint density at radius 3 is 2.36 bits per heavy atom. The lowest BCUT2D eigenvalue weighted by molar-refractivity contribution is 0.0114. The van der Waals surface area contributed by atoms with Gasteiger partial charge in [0.25, 0.3) is 0 Å². The predicted molar refractivity (Wildman–Crippen MR) is 209 cm³/mol. The second-order valence-corrected chi connectivity index (χ2v) is 15.2. The number of ether oxygens (including phenoxy) is 3. The van der Waals surface area contributed by atoms with Crippen molar-refractivity contribution in [1.82, 2.24) is 24.6 Å². The fraction of sp³-hybridized carbons (Fsp3) is 0.429. The number of hydrogen-bond acceptors (Lipinski definition) is 9. The zero-order chi connectivity index (χ0) is 38.2. The van der Waals surface area contributed by atoms with Crippen LogP contribution in [0.1, 0.15) is 61.1 Å². The molecule has 0 spiro atoms. The molecule has 0 unspecified atom stereocenters. The SMILES string of the molecule is Cc1cc(-n2ncc(C(=O)c3cc4cc(OC5CCN(C(C)C)CC5)c(N5CCC(N6CCOCC6)CC5)cc4[nH]3)c2N)c(F)cc1Oc1ccccc1F. The molecule has 0 bridgehead atoms. The zero-order valence-corrected chi connectivity index (χ0v) is 31.7. The topological polar surface area (TPSA) is 114 Å². The van der Waals surface area contributed by atoms with Crippen molar-refractivity contribution in [2.24, 2.45) is 0 Å².